The normalized spacial score (nSPS) is 11.0. The lowest BCUT2D eigenvalue weighted by molar-refractivity contribution is 0.0516. The first-order chi connectivity index (χ1) is 21.4. The number of esters is 2. The SMILES string of the molecule is CCOC(=O)c1cc2cc(-c3ccn4c(C(=O)c5ccccc5)cc(C(=O)OCC)c4c3)ccn2c1C(=O)c1ccccc1. The van der Waals surface area contributed by atoms with Crippen LogP contribution in [0.15, 0.2) is 109 Å². The van der Waals surface area contributed by atoms with Crippen LogP contribution in [0, 0.1) is 0 Å². The summed E-state index contributed by atoms with van der Waals surface area (Å²) in [5.41, 5.74) is 4.63. The number of carbonyl (C=O) groups is 4. The third-order valence-electron chi connectivity index (χ3n) is 7.39. The van der Waals surface area contributed by atoms with Crippen LogP contribution in [0.4, 0.5) is 0 Å². The Bertz CT molecular complexity index is 2050. The van der Waals surface area contributed by atoms with Gasteiger partial charge in [-0.2, -0.15) is 0 Å². The summed E-state index contributed by atoms with van der Waals surface area (Å²) in [6.07, 6.45) is 3.49. The Morgan fingerprint density at radius 2 is 1.14 bits per heavy atom. The van der Waals surface area contributed by atoms with Gasteiger partial charge in [0.2, 0.25) is 11.6 Å². The zero-order valence-corrected chi connectivity index (χ0v) is 24.2. The van der Waals surface area contributed by atoms with Gasteiger partial charge in [0.1, 0.15) is 5.69 Å². The lowest BCUT2D eigenvalue weighted by Gasteiger charge is -2.09. The fourth-order valence-electron chi connectivity index (χ4n) is 5.34. The number of hydrogen-bond acceptors (Lipinski definition) is 6. The van der Waals surface area contributed by atoms with Gasteiger partial charge in [-0.1, -0.05) is 60.7 Å². The van der Waals surface area contributed by atoms with Crippen molar-refractivity contribution in [1.29, 1.82) is 0 Å². The highest BCUT2D eigenvalue weighted by Gasteiger charge is 2.25. The van der Waals surface area contributed by atoms with Crippen molar-refractivity contribution in [2.75, 3.05) is 13.2 Å². The molecule has 0 fully saturated rings. The lowest BCUT2D eigenvalue weighted by Crippen LogP contribution is -2.13. The van der Waals surface area contributed by atoms with Crippen molar-refractivity contribution in [3.63, 3.8) is 0 Å². The molecule has 0 N–H and O–H groups in total. The number of rotatable bonds is 9. The van der Waals surface area contributed by atoms with E-state index in [1.54, 1.807) is 95.7 Å². The number of fused-ring (bicyclic) bond motifs is 2. The molecular weight excluding hydrogens is 556 g/mol. The highest BCUT2D eigenvalue weighted by atomic mass is 16.5. The van der Waals surface area contributed by atoms with Crippen molar-refractivity contribution >= 4 is 34.5 Å². The summed E-state index contributed by atoms with van der Waals surface area (Å²) >= 11 is 0. The van der Waals surface area contributed by atoms with E-state index in [-0.39, 0.29) is 41.6 Å². The van der Waals surface area contributed by atoms with Crippen molar-refractivity contribution in [2.45, 2.75) is 13.8 Å². The third-order valence-corrected chi connectivity index (χ3v) is 7.39. The van der Waals surface area contributed by atoms with Crippen LogP contribution < -0.4 is 0 Å². The van der Waals surface area contributed by atoms with E-state index in [1.165, 1.54) is 0 Å². The molecule has 0 aliphatic rings. The highest BCUT2D eigenvalue weighted by Crippen LogP contribution is 2.30. The largest absolute Gasteiger partial charge is 0.462 e. The number of ether oxygens (including phenoxy) is 2. The van der Waals surface area contributed by atoms with Crippen LogP contribution in [0.2, 0.25) is 0 Å². The van der Waals surface area contributed by atoms with Gasteiger partial charge in [-0.15, -0.1) is 0 Å². The van der Waals surface area contributed by atoms with Gasteiger partial charge in [0.15, 0.2) is 0 Å². The molecule has 0 atom stereocenters. The molecule has 0 amide bonds. The second-order valence-corrected chi connectivity index (χ2v) is 10.1. The summed E-state index contributed by atoms with van der Waals surface area (Å²) in [5, 5.41) is 0. The average molecular weight is 585 g/mol. The molecule has 0 saturated heterocycles. The first-order valence-corrected chi connectivity index (χ1v) is 14.3. The molecule has 44 heavy (non-hydrogen) atoms. The molecule has 4 aromatic heterocycles. The summed E-state index contributed by atoms with van der Waals surface area (Å²) in [5.74, 6) is -1.63. The number of ketones is 2. The van der Waals surface area contributed by atoms with Gasteiger partial charge in [0.05, 0.1) is 35.6 Å². The molecule has 0 radical (unpaired) electrons. The number of aromatic nitrogens is 2. The highest BCUT2D eigenvalue weighted by molar-refractivity contribution is 6.15. The van der Waals surface area contributed by atoms with Crippen LogP contribution in [0.3, 0.4) is 0 Å². The van der Waals surface area contributed by atoms with Crippen LogP contribution in [0.5, 0.6) is 0 Å². The van der Waals surface area contributed by atoms with Gasteiger partial charge < -0.3 is 18.3 Å². The lowest BCUT2D eigenvalue weighted by atomic mass is 10.1. The summed E-state index contributed by atoms with van der Waals surface area (Å²) in [6, 6.07) is 28.2. The minimum atomic E-state index is -0.582. The van der Waals surface area contributed by atoms with Crippen LogP contribution in [-0.4, -0.2) is 45.5 Å². The molecule has 6 aromatic rings. The Balaban J connectivity index is 1.48. The molecule has 218 valence electrons. The molecule has 2 aromatic carbocycles. The van der Waals surface area contributed by atoms with Gasteiger partial charge >= 0.3 is 11.9 Å². The fraction of sp³-hybridized carbons (Fsp3) is 0.111. The second kappa shape index (κ2) is 11.9. The van der Waals surface area contributed by atoms with E-state index in [0.29, 0.717) is 27.9 Å². The molecule has 0 aliphatic carbocycles. The van der Waals surface area contributed by atoms with Crippen LogP contribution in [-0.2, 0) is 9.47 Å². The predicted octanol–water partition coefficient (Wildman–Crippen LogP) is 6.67. The topological polar surface area (TPSA) is 95.6 Å². The van der Waals surface area contributed by atoms with Crippen LogP contribution in [0.1, 0.15) is 66.7 Å². The van der Waals surface area contributed by atoms with Gasteiger partial charge in [0.25, 0.3) is 0 Å². The minimum absolute atomic E-state index is 0.171. The Morgan fingerprint density at radius 1 is 0.591 bits per heavy atom. The average Bonchev–Trinajstić information content (AvgIpc) is 3.64. The Kier molecular flexibility index (Phi) is 7.64. The number of hydrogen-bond donors (Lipinski definition) is 0. The number of carbonyl (C=O) groups excluding carboxylic acids is 4. The zero-order chi connectivity index (χ0) is 30.8. The molecular formula is C36H28N2O6. The van der Waals surface area contributed by atoms with Gasteiger partial charge in [0, 0.05) is 29.0 Å². The van der Waals surface area contributed by atoms with Gasteiger partial charge in [-0.3, -0.25) is 9.59 Å². The van der Waals surface area contributed by atoms with Crippen molar-refractivity contribution in [2.24, 2.45) is 0 Å². The molecule has 6 rings (SSSR count). The van der Waals surface area contributed by atoms with Crippen molar-refractivity contribution in [3.8, 4) is 11.1 Å². The van der Waals surface area contributed by atoms with Crippen LogP contribution >= 0.6 is 0 Å². The number of benzene rings is 2. The van der Waals surface area contributed by atoms with Crippen molar-refractivity contribution < 1.29 is 28.7 Å². The van der Waals surface area contributed by atoms with Crippen molar-refractivity contribution in [1.82, 2.24) is 8.80 Å². The van der Waals surface area contributed by atoms with Crippen molar-refractivity contribution in [3.05, 3.63) is 143 Å². The summed E-state index contributed by atoms with van der Waals surface area (Å²) in [4.78, 5) is 52.9. The summed E-state index contributed by atoms with van der Waals surface area (Å²) < 4.78 is 14.0. The van der Waals surface area contributed by atoms with E-state index in [0.717, 1.165) is 11.1 Å². The maximum Gasteiger partial charge on any atom is 0.340 e. The molecule has 4 heterocycles. The molecule has 0 aliphatic heterocycles. The second-order valence-electron chi connectivity index (χ2n) is 10.1. The van der Waals surface area contributed by atoms with E-state index in [4.69, 9.17) is 9.47 Å². The van der Waals surface area contributed by atoms with Gasteiger partial charge in [-0.25, -0.2) is 9.59 Å². The number of pyridine rings is 2. The van der Waals surface area contributed by atoms with E-state index in [9.17, 15) is 19.2 Å². The third kappa shape index (κ3) is 5.07. The Morgan fingerprint density at radius 3 is 1.75 bits per heavy atom. The van der Waals surface area contributed by atoms with E-state index < -0.39 is 11.9 Å². The Labute approximate surface area is 253 Å². The smallest absolute Gasteiger partial charge is 0.340 e. The molecule has 0 saturated carbocycles. The monoisotopic (exact) mass is 584 g/mol. The molecule has 0 bridgehead atoms. The minimum Gasteiger partial charge on any atom is -0.462 e. The summed E-state index contributed by atoms with van der Waals surface area (Å²) in [7, 11) is 0. The quantitative estimate of drug-likeness (QED) is 0.139. The first-order valence-electron chi connectivity index (χ1n) is 14.3. The molecule has 8 nitrogen and oxygen atoms in total. The maximum absolute atomic E-state index is 13.6. The molecule has 0 unspecified atom stereocenters. The fourth-order valence-corrected chi connectivity index (χ4v) is 5.34. The number of nitrogens with zero attached hydrogens (tertiary/aromatic N) is 2. The zero-order valence-electron chi connectivity index (χ0n) is 24.2. The van der Waals surface area contributed by atoms with Gasteiger partial charge in [-0.05, 0) is 61.4 Å². The molecule has 0 spiro atoms. The maximum atomic E-state index is 13.6. The predicted molar refractivity (Wildman–Crippen MR) is 165 cm³/mol. The van der Waals surface area contributed by atoms with Crippen LogP contribution in [0.25, 0.3) is 22.2 Å². The molecule has 8 heteroatoms. The summed E-state index contributed by atoms with van der Waals surface area (Å²) in [6.45, 7) is 3.80. The first kappa shape index (κ1) is 28.4. The Hall–Kier alpha value is -5.76. The van der Waals surface area contributed by atoms with E-state index in [2.05, 4.69) is 0 Å². The van der Waals surface area contributed by atoms with E-state index >= 15 is 0 Å². The van der Waals surface area contributed by atoms with E-state index in [1.807, 2.05) is 36.4 Å². The standard InChI is InChI=1S/C36H28N2O6/c1-3-43-35(41)28-22-31(33(39)23-11-7-5-8-12-23)38-18-16-26(20-30(28)38)25-15-17-37-27(19-25)21-29(36(42)44-4-2)32(37)34(40)24-13-9-6-10-14-24/h5-22H,3-4H2,1-2H3.